The molecule has 1 aliphatic rings. The number of rotatable bonds is 0. The molecule has 0 fully saturated rings. The molecule has 1 rings (SSSR count). The highest BCUT2D eigenvalue weighted by atomic mass is 16.6. The normalized spacial score (nSPS) is 18.0. The molecular formula is C4H6BNO2. The van der Waals surface area contributed by atoms with Crippen LogP contribution in [0.2, 0.25) is 0 Å². The molecule has 0 saturated carbocycles. The van der Waals surface area contributed by atoms with Crippen molar-refractivity contribution in [1.29, 1.82) is 0 Å². The molecule has 0 spiro atoms. The largest absolute Gasteiger partial charge is 0.543 e. The summed E-state index contributed by atoms with van der Waals surface area (Å²) in [5.74, 6) is 0. The lowest BCUT2D eigenvalue weighted by atomic mass is 10.4. The minimum Gasteiger partial charge on any atom is -0.543 e. The van der Waals surface area contributed by atoms with Gasteiger partial charge in [-0.25, -0.2) is 0 Å². The molecule has 3 nitrogen and oxygen atoms in total. The Morgan fingerprint density at radius 2 is 2.62 bits per heavy atom. The molecule has 0 bridgehead atoms. The van der Waals surface area contributed by atoms with E-state index in [1.807, 2.05) is 0 Å². The second kappa shape index (κ2) is 3.26. The molecule has 0 aromatic rings. The predicted octanol–water partition coefficient (Wildman–Crippen LogP) is -0.158. The maximum absolute atomic E-state index is 4.85. The average Bonchev–Trinajstić information content (AvgIpc) is 1.62. The van der Waals surface area contributed by atoms with Crippen LogP contribution in [0.4, 0.5) is 0 Å². The molecule has 0 atom stereocenters. The van der Waals surface area contributed by atoms with E-state index in [1.54, 1.807) is 12.4 Å². The van der Waals surface area contributed by atoms with E-state index in [9.17, 15) is 0 Å². The molecule has 0 radical (unpaired) electrons. The van der Waals surface area contributed by atoms with E-state index in [0.29, 0.717) is 14.3 Å². The van der Waals surface area contributed by atoms with Crippen LogP contribution in [0.5, 0.6) is 0 Å². The topological polar surface area (TPSA) is 30.8 Å². The van der Waals surface area contributed by atoms with E-state index in [2.05, 4.69) is 4.99 Å². The Kier molecular flexibility index (Phi) is 2.19. The third kappa shape index (κ3) is 1.79. The van der Waals surface area contributed by atoms with Gasteiger partial charge in [0, 0.05) is 6.21 Å². The Hall–Kier alpha value is -0.765. The minimum atomic E-state index is 0.322. The first-order chi connectivity index (χ1) is 4.00. The number of nitrogens with zero attached hydrogens (tertiary/aromatic N) is 1. The first-order valence-electron chi connectivity index (χ1n) is 2.36. The first-order valence-corrected chi connectivity index (χ1v) is 2.36. The summed E-state index contributed by atoms with van der Waals surface area (Å²) in [6, 6.07) is 0. The van der Waals surface area contributed by atoms with Crippen molar-refractivity contribution in [3.63, 3.8) is 0 Å². The second-order valence-corrected chi connectivity index (χ2v) is 1.27. The maximum Gasteiger partial charge on any atom is 0.506 e. The Labute approximate surface area is 48.3 Å². The van der Waals surface area contributed by atoms with Gasteiger partial charge in [-0.3, -0.25) is 4.99 Å². The van der Waals surface area contributed by atoms with Crippen LogP contribution >= 0.6 is 0 Å². The Morgan fingerprint density at radius 1 is 1.62 bits per heavy atom. The Balaban J connectivity index is 2.33. The Bertz CT molecular complexity index is 98.6. The molecule has 0 amide bonds. The smallest absolute Gasteiger partial charge is 0.506 e. The predicted molar refractivity (Wildman–Crippen MR) is 31.8 cm³/mol. The highest BCUT2D eigenvalue weighted by molar-refractivity contribution is 6.18. The van der Waals surface area contributed by atoms with Gasteiger partial charge in [0.15, 0.2) is 0 Å². The van der Waals surface area contributed by atoms with Gasteiger partial charge < -0.3 is 9.31 Å². The monoisotopic (exact) mass is 111 g/mol. The molecular weight excluding hydrogens is 105 g/mol. The van der Waals surface area contributed by atoms with Crippen LogP contribution in [-0.4, -0.2) is 20.5 Å². The zero-order valence-corrected chi connectivity index (χ0v) is 4.41. The summed E-state index contributed by atoms with van der Waals surface area (Å²) >= 11 is 0. The summed E-state index contributed by atoms with van der Waals surface area (Å²) in [5.41, 5.74) is 0. The average molecular weight is 111 g/mol. The van der Waals surface area contributed by atoms with Gasteiger partial charge in [-0.1, -0.05) is 0 Å². The van der Waals surface area contributed by atoms with E-state index in [4.69, 9.17) is 9.31 Å². The van der Waals surface area contributed by atoms with Crippen molar-refractivity contribution in [1.82, 2.24) is 0 Å². The molecule has 0 aromatic heterocycles. The minimum absolute atomic E-state index is 0.322. The van der Waals surface area contributed by atoms with Crippen LogP contribution in [0.3, 0.4) is 0 Å². The highest BCUT2D eigenvalue weighted by Gasteiger charge is 1.88. The van der Waals surface area contributed by atoms with Crippen molar-refractivity contribution in [2.24, 2.45) is 4.99 Å². The molecule has 1 aliphatic heterocycles. The number of hydrogen-bond donors (Lipinski definition) is 0. The molecule has 4 heteroatoms. The summed E-state index contributed by atoms with van der Waals surface area (Å²) in [5, 5.41) is 0. The molecule has 0 unspecified atom stereocenters. The fourth-order valence-electron chi connectivity index (χ4n) is 0.370. The van der Waals surface area contributed by atoms with Crippen LogP contribution in [0.1, 0.15) is 0 Å². The van der Waals surface area contributed by atoms with Gasteiger partial charge in [0.05, 0.1) is 19.1 Å². The molecule has 42 valence electrons. The molecule has 0 saturated heterocycles. The van der Waals surface area contributed by atoms with Crippen molar-refractivity contribution >= 4 is 13.9 Å². The third-order valence-corrected chi connectivity index (χ3v) is 0.692. The van der Waals surface area contributed by atoms with Crippen molar-refractivity contribution in [2.75, 3.05) is 6.61 Å². The van der Waals surface area contributed by atoms with Crippen molar-refractivity contribution in [3.05, 3.63) is 12.5 Å². The lowest BCUT2D eigenvalue weighted by molar-refractivity contribution is 0.314. The summed E-state index contributed by atoms with van der Waals surface area (Å²) in [4.78, 5) is 3.78. The van der Waals surface area contributed by atoms with Gasteiger partial charge >= 0.3 is 7.69 Å². The summed E-state index contributed by atoms with van der Waals surface area (Å²) < 4.78 is 9.61. The van der Waals surface area contributed by atoms with Crippen LogP contribution in [0, 0.1) is 0 Å². The van der Waals surface area contributed by atoms with Gasteiger partial charge in [-0.2, -0.15) is 0 Å². The first kappa shape index (κ1) is 5.37. The van der Waals surface area contributed by atoms with Crippen LogP contribution in [0.25, 0.3) is 0 Å². The fraction of sp³-hybridized carbons (Fsp3) is 0.250. The summed E-state index contributed by atoms with van der Waals surface area (Å²) in [7, 11) is 0.322. The van der Waals surface area contributed by atoms with Gasteiger partial charge in [0.1, 0.15) is 0 Å². The number of hydrogen-bond acceptors (Lipinski definition) is 3. The SMILES string of the molecule is B1OC=CN=CCO1. The van der Waals surface area contributed by atoms with Gasteiger partial charge in [-0.15, -0.1) is 0 Å². The molecule has 0 aliphatic carbocycles. The van der Waals surface area contributed by atoms with E-state index >= 15 is 0 Å². The van der Waals surface area contributed by atoms with Gasteiger partial charge in [0.2, 0.25) is 0 Å². The van der Waals surface area contributed by atoms with Crippen molar-refractivity contribution in [3.8, 4) is 0 Å². The summed E-state index contributed by atoms with van der Waals surface area (Å²) in [6.45, 7) is 0.532. The standard InChI is InChI=1S/C4H6BNO2/c1-3-7-5-8-4-2-6-1/h1-3,5H,4H2. The van der Waals surface area contributed by atoms with Crippen molar-refractivity contribution in [2.45, 2.75) is 0 Å². The van der Waals surface area contributed by atoms with E-state index in [1.165, 1.54) is 6.26 Å². The molecule has 0 aromatic carbocycles. The zero-order chi connectivity index (χ0) is 5.66. The van der Waals surface area contributed by atoms with Crippen LogP contribution in [0.15, 0.2) is 17.5 Å². The lowest BCUT2D eigenvalue weighted by Gasteiger charge is -1.98. The molecule has 8 heavy (non-hydrogen) atoms. The Morgan fingerprint density at radius 3 is 3.62 bits per heavy atom. The van der Waals surface area contributed by atoms with Gasteiger partial charge in [-0.05, 0) is 0 Å². The molecule has 1 heterocycles. The van der Waals surface area contributed by atoms with Crippen LogP contribution < -0.4 is 0 Å². The maximum atomic E-state index is 4.85. The van der Waals surface area contributed by atoms with E-state index in [-0.39, 0.29) is 0 Å². The van der Waals surface area contributed by atoms with E-state index < -0.39 is 0 Å². The quantitative estimate of drug-likeness (QED) is 0.406. The third-order valence-electron chi connectivity index (χ3n) is 0.692. The molecule has 0 N–H and O–H groups in total. The second-order valence-electron chi connectivity index (χ2n) is 1.27. The van der Waals surface area contributed by atoms with E-state index in [0.717, 1.165) is 0 Å². The van der Waals surface area contributed by atoms with Crippen LogP contribution in [-0.2, 0) is 9.31 Å². The lowest BCUT2D eigenvalue weighted by Crippen LogP contribution is -2.04. The fourth-order valence-corrected chi connectivity index (χ4v) is 0.370. The zero-order valence-electron chi connectivity index (χ0n) is 4.41. The summed E-state index contributed by atoms with van der Waals surface area (Å²) in [6.07, 6.45) is 4.76. The number of aliphatic imine (C=N–C) groups is 1. The van der Waals surface area contributed by atoms with Gasteiger partial charge in [0.25, 0.3) is 0 Å². The highest BCUT2D eigenvalue weighted by Crippen LogP contribution is 1.81. The van der Waals surface area contributed by atoms with Crippen molar-refractivity contribution < 1.29 is 9.31 Å².